The fourth-order valence-corrected chi connectivity index (χ4v) is 3.40. The zero-order chi connectivity index (χ0) is 18.8. The number of nitrogens with zero attached hydrogens (tertiary/aromatic N) is 4. The first-order valence-electron chi connectivity index (χ1n) is 7.83. The maximum absolute atomic E-state index is 12.3. The standard InChI is InChI=1S/C18H11ClN4O3S/c19-12-5-3-4-11(8-12)16-20-15(9-27-16)18(25)26-10-23-17(24)13-6-1-2-7-14(13)21-22-23/h1-9H,10H2. The summed E-state index contributed by atoms with van der Waals surface area (Å²) in [5, 5.41) is 10.9. The minimum Gasteiger partial charge on any atom is -0.437 e. The van der Waals surface area contributed by atoms with Gasteiger partial charge in [-0.25, -0.2) is 9.78 Å². The number of carbonyl (C=O) groups excluding carboxylic acids is 1. The molecule has 0 aliphatic heterocycles. The molecule has 0 spiro atoms. The highest BCUT2D eigenvalue weighted by atomic mass is 35.5. The van der Waals surface area contributed by atoms with Gasteiger partial charge in [0.15, 0.2) is 12.4 Å². The van der Waals surface area contributed by atoms with E-state index >= 15 is 0 Å². The molecule has 0 unspecified atom stereocenters. The Hall–Kier alpha value is -3.10. The molecule has 0 atom stereocenters. The number of carbonyl (C=O) groups is 1. The third-order valence-electron chi connectivity index (χ3n) is 3.73. The van der Waals surface area contributed by atoms with Gasteiger partial charge in [-0.2, -0.15) is 4.68 Å². The highest BCUT2D eigenvalue weighted by Gasteiger charge is 2.15. The first kappa shape index (κ1) is 17.3. The number of aromatic nitrogens is 4. The van der Waals surface area contributed by atoms with E-state index in [1.165, 1.54) is 11.3 Å². The molecule has 0 N–H and O–H groups in total. The predicted octanol–water partition coefficient (Wildman–Crippen LogP) is 3.38. The second-order valence-corrected chi connectivity index (χ2v) is 6.81. The third kappa shape index (κ3) is 3.57. The van der Waals surface area contributed by atoms with Crippen LogP contribution < -0.4 is 5.56 Å². The Morgan fingerprint density at radius 3 is 2.89 bits per heavy atom. The first-order valence-corrected chi connectivity index (χ1v) is 9.09. The van der Waals surface area contributed by atoms with E-state index in [0.717, 1.165) is 10.2 Å². The van der Waals surface area contributed by atoms with Crippen LogP contribution in [0.1, 0.15) is 10.5 Å². The van der Waals surface area contributed by atoms with Gasteiger partial charge in [-0.1, -0.05) is 41.1 Å². The van der Waals surface area contributed by atoms with E-state index in [1.807, 2.05) is 12.1 Å². The molecule has 134 valence electrons. The molecule has 0 amide bonds. The SMILES string of the molecule is O=C(OCn1nnc2ccccc2c1=O)c1csc(-c2cccc(Cl)c2)n1. The van der Waals surface area contributed by atoms with Gasteiger partial charge in [0.2, 0.25) is 0 Å². The molecule has 2 aromatic heterocycles. The van der Waals surface area contributed by atoms with Gasteiger partial charge in [0, 0.05) is 16.0 Å². The predicted molar refractivity (Wildman–Crippen MR) is 102 cm³/mol. The minimum absolute atomic E-state index is 0.150. The van der Waals surface area contributed by atoms with Crippen molar-refractivity contribution in [1.82, 2.24) is 20.0 Å². The molecule has 2 aromatic carbocycles. The summed E-state index contributed by atoms with van der Waals surface area (Å²) in [6.45, 7) is -0.348. The zero-order valence-corrected chi connectivity index (χ0v) is 15.3. The highest BCUT2D eigenvalue weighted by Crippen LogP contribution is 2.26. The Morgan fingerprint density at radius 2 is 2.04 bits per heavy atom. The molecule has 2 heterocycles. The molecule has 4 aromatic rings. The van der Waals surface area contributed by atoms with Gasteiger partial charge < -0.3 is 4.74 Å². The van der Waals surface area contributed by atoms with Crippen LogP contribution in [0.15, 0.2) is 58.7 Å². The van der Waals surface area contributed by atoms with Gasteiger partial charge in [-0.15, -0.1) is 16.4 Å². The lowest BCUT2D eigenvalue weighted by Crippen LogP contribution is -2.26. The molecule has 0 bridgehead atoms. The summed E-state index contributed by atoms with van der Waals surface area (Å²) in [6.07, 6.45) is 0. The number of thiazole rings is 1. The summed E-state index contributed by atoms with van der Waals surface area (Å²) in [5.41, 5.74) is 1.06. The molecule has 0 radical (unpaired) electrons. The summed E-state index contributed by atoms with van der Waals surface area (Å²) in [5.74, 6) is -0.651. The van der Waals surface area contributed by atoms with Crippen molar-refractivity contribution in [2.45, 2.75) is 6.73 Å². The van der Waals surface area contributed by atoms with E-state index < -0.39 is 5.97 Å². The van der Waals surface area contributed by atoms with Crippen LogP contribution in [-0.2, 0) is 11.5 Å². The number of ether oxygens (including phenoxy) is 1. The zero-order valence-electron chi connectivity index (χ0n) is 13.7. The summed E-state index contributed by atoms with van der Waals surface area (Å²) >= 11 is 7.28. The van der Waals surface area contributed by atoms with E-state index in [-0.39, 0.29) is 18.0 Å². The Labute approximate surface area is 161 Å². The van der Waals surface area contributed by atoms with Crippen molar-refractivity contribution in [3.8, 4) is 10.6 Å². The van der Waals surface area contributed by atoms with Crippen LogP contribution in [0.2, 0.25) is 5.02 Å². The highest BCUT2D eigenvalue weighted by molar-refractivity contribution is 7.13. The fourth-order valence-electron chi connectivity index (χ4n) is 2.42. The number of esters is 1. The van der Waals surface area contributed by atoms with E-state index in [4.69, 9.17) is 16.3 Å². The second-order valence-electron chi connectivity index (χ2n) is 5.52. The van der Waals surface area contributed by atoms with Crippen molar-refractivity contribution in [3.05, 3.63) is 75.0 Å². The number of halogens is 1. The van der Waals surface area contributed by atoms with Crippen molar-refractivity contribution in [3.63, 3.8) is 0 Å². The van der Waals surface area contributed by atoms with E-state index in [9.17, 15) is 9.59 Å². The second kappa shape index (κ2) is 7.26. The Kier molecular flexibility index (Phi) is 4.66. The van der Waals surface area contributed by atoms with E-state index in [0.29, 0.717) is 20.9 Å². The summed E-state index contributed by atoms with van der Waals surface area (Å²) in [7, 11) is 0. The molecule has 27 heavy (non-hydrogen) atoms. The first-order chi connectivity index (χ1) is 13.1. The van der Waals surface area contributed by atoms with Crippen molar-refractivity contribution in [2.75, 3.05) is 0 Å². The number of hydrogen-bond acceptors (Lipinski definition) is 7. The van der Waals surface area contributed by atoms with Gasteiger partial charge in [0.05, 0.1) is 5.39 Å². The van der Waals surface area contributed by atoms with Crippen molar-refractivity contribution in [1.29, 1.82) is 0 Å². The number of rotatable bonds is 4. The Balaban J connectivity index is 1.50. The van der Waals surface area contributed by atoms with Crippen LogP contribution in [0.4, 0.5) is 0 Å². The largest absolute Gasteiger partial charge is 0.437 e. The Bertz CT molecular complexity index is 1200. The maximum Gasteiger partial charge on any atom is 0.359 e. The minimum atomic E-state index is -0.651. The molecule has 0 fully saturated rings. The molecule has 9 heteroatoms. The summed E-state index contributed by atoms with van der Waals surface area (Å²) in [4.78, 5) is 28.8. The molecule has 0 aliphatic carbocycles. The van der Waals surface area contributed by atoms with Crippen molar-refractivity contribution in [2.24, 2.45) is 0 Å². The summed E-state index contributed by atoms with van der Waals surface area (Å²) in [6, 6.07) is 14.0. The van der Waals surface area contributed by atoms with Crippen LogP contribution in [-0.4, -0.2) is 25.9 Å². The number of benzene rings is 2. The van der Waals surface area contributed by atoms with Gasteiger partial charge in [-0.3, -0.25) is 4.79 Å². The summed E-state index contributed by atoms with van der Waals surface area (Å²) < 4.78 is 6.15. The molecular formula is C18H11ClN4O3S. The van der Waals surface area contributed by atoms with Crippen LogP contribution >= 0.6 is 22.9 Å². The van der Waals surface area contributed by atoms with Gasteiger partial charge in [0.1, 0.15) is 10.5 Å². The number of fused-ring (bicyclic) bond motifs is 1. The van der Waals surface area contributed by atoms with Crippen molar-refractivity contribution >= 4 is 39.8 Å². The van der Waals surface area contributed by atoms with Gasteiger partial charge in [0.25, 0.3) is 5.56 Å². The average molecular weight is 399 g/mol. The van der Waals surface area contributed by atoms with Crippen molar-refractivity contribution < 1.29 is 9.53 Å². The van der Waals surface area contributed by atoms with Gasteiger partial charge >= 0.3 is 5.97 Å². The van der Waals surface area contributed by atoms with Crippen LogP contribution in [0.25, 0.3) is 21.5 Å². The van der Waals surface area contributed by atoms with E-state index in [1.54, 1.807) is 41.8 Å². The lowest BCUT2D eigenvalue weighted by molar-refractivity contribution is 0.0330. The fraction of sp³-hybridized carbons (Fsp3) is 0.0556. The normalized spacial score (nSPS) is 10.9. The Morgan fingerprint density at radius 1 is 1.19 bits per heavy atom. The lowest BCUT2D eigenvalue weighted by Gasteiger charge is -2.05. The lowest BCUT2D eigenvalue weighted by atomic mass is 10.2. The van der Waals surface area contributed by atoms with Crippen LogP contribution in [0.3, 0.4) is 0 Å². The molecular weight excluding hydrogens is 388 g/mol. The maximum atomic E-state index is 12.3. The monoisotopic (exact) mass is 398 g/mol. The molecule has 0 aliphatic rings. The topological polar surface area (TPSA) is 87.0 Å². The van der Waals surface area contributed by atoms with E-state index in [2.05, 4.69) is 15.3 Å². The molecule has 4 rings (SSSR count). The average Bonchev–Trinajstić information content (AvgIpc) is 3.18. The molecule has 7 nitrogen and oxygen atoms in total. The quantitative estimate of drug-likeness (QED) is 0.490. The number of hydrogen-bond donors (Lipinski definition) is 0. The smallest absolute Gasteiger partial charge is 0.359 e. The van der Waals surface area contributed by atoms with Gasteiger partial charge in [-0.05, 0) is 24.3 Å². The molecule has 0 saturated carbocycles. The molecule has 0 saturated heterocycles. The third-order valence-corrected chi connectivity index (χ3v) is 4.86. The van der Waals surface area contributed by atoms with Crippen LogP contribution in [0.5, 0.6) is 0 Å². The van der Waals surface area contributed by atoms with Crippen LogP contribution in [0, 0.1) is 0 Å².